The number of nitrogens with zero attached hydrogens (tertiary/aromatic N) is 3. The summed E-state index contributed by atoms with van der Waals surface area (Å²) < 4.78 is 7.71. The van der Waals surface area contributed by atoms with Gasteiger partial charge in [0.1, 0.15) is 5.75 Å². The monoisotopic (exact) mass is 369 g/mol. The van der Waals surface area contributed by atoms with Crippen LogP contribution in [-0.4, -0.2) is 42.0 Å². The van der Waals surface area contributed by atoms with Crippen LogP contribution in [-0.2, 0) is 13.5 Å². The molecule has 27 heavy (non-hydrogen) atoms. The average molecular weight is 370 g/mol. The number of ether oxygens (including phenoxy) is 1. The maximum absolute atomic E-state index is 5.76. The Bertz CT molecular complexity index is 811. The molecular weight excluding hydrogens is 338 g/mol. The second-order valence-electron chi connectivity index (χ2n) is 7.35. The molecule has 0 amide bonds. The lowest BCUT2D eigenvalue weighted by Gasteiger charge is -2.27. The van der Waals surface area contributed by atoms with Crippen LogP contribution in [0.25, 0.3) is 0 Å². The summed E-state index contributed by atoms with van der Waals surface area (Å²) in [4.78, 5) is 4.40. The standard InChI is InChI=1S/C21H31N5O/c1-14(12-19-15(2)25-26(5)16(19)3)24-21(22-4)23-13-17-10-11-27-20-9-7-6-8-18(17)20/h6-9,14,17H,10-13H2,1-5H3,(H2,22,23,24). The van der Waals surface area contributed by atoms with Gasteiger partial charge >= 0.3 is 0 Å². The minimum Gasteiger partial charge on any atom is -0.493 e. The number of rotatable bonds is 5. The van der Waals surface area contributed by atoms with E-state index in [1.54, 1.807) is 0 Å². The first-order valence-electron chi connectivity index (χ1n) is 9.67. The maximum atomic E-state index is 5.76. The minimum atomic E-state index is 0.264. The Balaban J connectivity index is 1.57. The quantitative estimate of drug-likeness (QED) is 0.628. The van der Waals surface area contributed by atoms with Crippen molar-refractivity contribution in [1.82, 2.24) is 20.4 Å². The molecule has 0 fully saturated rings. The first-order valence-corrected chi connectivity index (χ1v) is 9.67. The molecule has 0 radical (unpaired) electrons. The van der Waals surface area contributed by atoms with E-state index in [4.69, 9.17) is 4.74 Å². The number of guanidine groups is 1. The molecule has 146 valence electrons. The van der Waals surface area contributed by atoms with Crippen LogP contribution in [0.4, 0.5) is 0 Å². The molecule has 1 aromatic carbocycles. The summed E-state index contributed by atoms with van der Waals surface area (Å²) in [5.74, 6) is 2.28. The van der Waals surface area contributed by atoms with Crippen LogP contribution in [0.5, 0.6) is 5.75 Å². The second-order valence-corrected chi connectivity index (χ2v) is 7.35. The molecule has 2 aromatic rings. The van der Waals surface area contributed by atoms with Crippen molar-refractivity contribution in [3.05, 3.63) is 46.8 Å². The van der Waals surface area contributed by atoms with Crippen LogP contribution in [0.1, 0.15) is 41.8 Å². The number of para-hydroxylation sites is 1. The van der Waals surface area contributed by atoms with E-state index >= 15 is 0 Å². The smallest absolute Gasteiger partial charge is 0.191 e. The SMILES string of the molecule is CN=C(NCC1CCOc2ccccc21)NC(C)Cc1c(C)nn(C)c1C. The molecule has 0 spiro atoms. The molecule has 3 rings (SSSR count). The van der Waals surface area contributed by atoms with Gasteiger partial charge in [0.15, 0.2) is 5.96 Å². The zero-order valence-corrected chi connectivity index (χ0v) is 17.0. The van der Waals surface area contributed by atoms with Gasteiger partial charge in [0.25, 0.3) is 0 Å². The first kappa shape index (κ1) is 19.3. The van der Waals surface area contributed by atoms with E-state index < -0.39 is 0 Å². The average Bonchev–Trinajstić information content (AvgIpc) is 2.91. The van der Waals surface area contributed by atoms with E-state index in [0.717, 1.165) is 43.4 Å². The minimum absolute atomic E-state index is 0.264. The van der Waals surface area contributed by atoms with E-state index in [1.165, 1.54) is 16.8 Å². The fourth-order valence-electron chi connectivity index (χ4n) is 3.75. The van der Waals surface area contributed by atoms with E-state index in [-0.39, 0.29) is 6.04 Å². The Kier molecular flexibility index (Phi) is 6.04. The molecule has 6 nitrogen and oxygen atoms in total. The van der Waals surface area contributed by atoms with E-state index in [2.05, 4.69) is 59.7 Å². The lowest BCUT2D eigenvalue weighted by Crippen LogP contribution is -2.44. The van der Waals surface area contributed by atoms with Gasteiger partial charge in [-0.15, -0.1) is 0 Å². The predicted molar refractivity (Wildman–Crippen MR) is 110 cm³/mol. The Morgan fingerprint density at radius 3 is 2.85 bits per heavy atom. The van der Waals surface area contributed by atoms with Crippen LogP contribution in [0.15, 0.2) is 29.3 Å². The molecule has 2 N–H and O–H groups in total. The lowest BCUT2D eigenvalue weighted by molar-refractivity contribution is 0.267. The number of aryl methyl sites for hydroxylation is 2. The van der Waals surface area contributed by atoms with Gasteiger partial charge in [-0.2, -0.15) is 5.10 Å². The summed E-state index contributed by atoms with van der Waals surface area (Å²) in [6.07, 6.45) is 1.94. The lowest BCUT2D eigenvalue weighted by atomic mass is 9.93. The summed E-state index contributed by atoms with van der Waals surface area (Å²) >= 11 is 0. The molecule has 1 aromatic heterocycles. The molecule has 6 heteroatoms. The van der Waals surface area contributed by atoms with E-state index in [9.17, 15) is 0 Å². The van der Waals surface area contributed by atoms with Crippen molar-refractivity contribution in [2.75, 3.05) is 20.2 Å². The number of hydrogen-bond acceptors (Lipinski definition) is 3. The third-order valence-electron chi connectivity index (χ3n) is 5.37. The van der Waals surface area contributed by atoms with Crippen molar-refractivity contribution in [2.45, 2.75) is 45.6 Å². The highest BCUT2D eigenvalue weighted by molar-refractivity contribution is 5.80. The summed E-state index contributed by atoms with van der Waals surface area (Å²) in [6.45, 7) is 7.99. The largest absolute Gasteiger partial charge is 0.493 e. The van der Waals surface area contributed by atoms with Gasteiger partial charge in [-0.3, -0.25) is 9.67 Å². The summed E-state index contributed by atoms with van der Waals surface area (Å²) in [5.41, 5.74) is 4.92. The second kappa shape index (κ2) is 8.46. The van der Waals surface area contributed by atoms with Crippen molar-refractivity contribution >= 4 is 5.96 Å². The Labute approximate surface area is 162 Å². The fraction of sp³-hybridized carbons (Fsp3) is 0.524. The Morgan fingerprint density at radius 1 is 1.37 bits per heavy atom. The highest BCUT2D eigenvalue weighted by Gasteiger charge is 2.21. The fourth-order valence-corrected chi connectivity index (χ4v) is 3.75. The van der Waals surface area contributed by atoms with Gasteiger partial charge in [0.05, 0.1) is 12.3 Å². The van der Waals surface area contributed by atoms with E-state index in [0.29, 0.717) is 5.92 Å². The molecule has 0 saturated carbocycles. The van der Waals surface area contributed by atoms with Crippen LogP contribution in [0.3, 0.4) is 0 Å². The van der Waals surface area contributed by atoms with Crippen molar-refractivity contribution in [1.29, 1.82) is 0 Å². The van der Waals surface area contributed by atoms with Crippen LogP contribution in [0.2, 0.25) is 0 Å². The summed E-state index contributed by atoms with van der Waals surface area (Å²) in [5, 5.41) is 11.5. The number of fused-ring (bicyclic) bond motifs is 1. The van der Waals surface area contributed by atoms with Crippen LogP contribution < -0.4 is 15.4 Å². The van der Waals surface area contributed by atoms with Crippen LogP contribution >= 0.6 is 0 Å². The molecule has 2 heterocycles. The zero-order chi connectivity index (χ0) is 19.4. The van der Waals surface area contributed by atoms with Crippen molar-refractivity contribution in [3.8, 4) is 5.75 Å². The predicted octanol–water partition coefficient (Wildman–Crippen LogP) is 2.70. The number of aliphatic imine (C=N–C) groups is 1. The molecule has 1 aliphatic rings. The number of nitrogens with one attached hydrogen (secondary N) is 2. The van der Waals surface area contributed by atoms with Gasteiger partial charge in [-0.05, 0) is 50.8 Å². The topological polar surface area (TPSA) is 63.5 Å². The Morgan fingerprint density at radius 2 is 2.15 bits per heavy atom. The van der Waals surface area contributed by atoms with E-state index in [1.807, 2.05) is 24.8 Å². The maximum Gasteiger partial charge on any atom is 0.191 e. The summed E-state index contributed by atoms with van der Waals surface area (Å²) in [6, 6.07) is 8.58. The summed E-state index contributed by atoms with van der Waals surface area (Å²) in [7, 11) is 3.82. The van der Waals surface area contributed by atoms with Crippen molar-refractivity contribution in [3.63, 3.8) is 0 Å². The first-order chi connectivity index (χ1) is 13.0. The molecule has 0 aliphatic carbocycles. The van der Waals surface area contributed by atoms with Gasteiger partial charge in [0, 0.05) is 38.3 Å². The third kappa shape index (κ3) is 4.43. The van der Waals surface area contributed by atoms with Gasteiger partial charge in [0.2, 0.25) is 0 Å². The molecule has 0 saturated heterocycles. The normalized spacial score (nSPS) is 17.8. The van der Waals surface area contributed by atoms with Crippen molar-refractivity contribution in [2.24, 2.45) is 12.0 Å². The molecular formula is C21H31N5O. The molecule has 1 aliphatic heterocycles. The van der Waals surface area contributed by atoms with Gasteiger partial charge in [-0.25, -0.2) is 0 Å². The molecule has 2 unspecified atom stereocenters. The molecule has 0 bridgehead atoms. The zero-order valence-electron chi connectivity index (χ0n) is 17.0. The Hall–Kier alpha value is -2.50. The van der Waals surface area contributed by atoms with Gasteiger partial charge < -0.3 is 15.4 Å². The number of benzene rings is 1. The van der Waals surface area contributed by atoms with Crippen LogP contribution in [0, 0.1) is 13.8 Å². The van der Waals surface area contributed by atoms with Gasteiger partial charge in [-0.1, -0.05) is 18.2 Å². The highest BCUT2D eigenvalue weighted by Crippen LogP contribution is 2.32. The molecule has 2 atom stereocenters. The van der Waals surface area contributed by atoms with Crippen molar-refractivity contribution < 1.29 is 4.74 Å². The highest BCUT2D eigenvalue weighted by atomic mass is 16.5. The number of aromatic nitrogens is 2. The number of hydrogen-bond donors (Lipinski definition) is 2. The third-order valence-corrected chi connectivity index (χ3v) is 5.37.